The molecule has 5 nitrogen and oxygen atoms in total. The van der Waals surface area contributed by atoms with Crippen LogP contribution in [0, 0.1) is 0 Å². The zero-order valence-electron chi connectivity index (χ0n) is 10.5. The summed E-state index contributed by atoms with van der Waals surface area (Å²) in [5, 5.41) is 0.0800. The first-order valence-corrected chi connectivity index (χ1v) is 6.41. The van der Waals surface area contributed by atoms with Gasteiger partial charge in [-0.15, -0.1) is 0 Å². The summed E-state index contributed by atoms with van der Waals surface area (Å²) in [6.07, 6.45) is -0.310. The smallest absolute Gasteiger partial charge is 0.411 e. The summed E-state index contributed by atoms with van der Waals surface area (Å²) in [4.78, 5) is 15.9. The van der Waals surface area contributed by atoms with Crippen molar-refractivity contribution in [2.24, 2.45) is 0 Å². The first-order chi connectivity index (χ1) is 7.88. The SMILES string of the molecule is CC(C)(C)OC(=O)N1CC(S)N2CCOCC12. The number of thiol groups is 1. The van der Waals surface area contributed by atoms with Gasteiger partial charge in [-0.05, 0) is 20.8 Å². The summed E-state index contributed by atoms with van der Waals surface area (Å²) in [7, 11) is 0. The minimum atomic E-state index is -0.466. The first-order valence-electron chi connectivity index (χ1n) is 5.90. The van der Waals surface area contributed by atoms with Crippen molar-refractivity contribution in [1.29, 1.82) is 0 Å². The first kappa shape index (κ1) is 13.0. The third-order valence-corrected chi connectivity index (χ3v) is 3.33. The number of carbonyl (C=O) groups excluding carboxylic acids is 1. The Morgan fingerprint density at radius 3 is 2.82 bits per heavy atom. The number of fused-ring (bicyclic) bond motifs is 1. The number of carbonyl (C=O) groups is 1. The molecule has 0 aromatic rings. The van der Waals surface area contributed by atoms with Gasteiger partial charge in [-0.25, -0.2) is 4.79 Å². The fourth-order valence-corrected chi connectivity index (χ4v) is 2.58. The molecule has 17 heavy (non-hydrogen) atoms. The van der Waals surface area contributed by atoms with Crippen LogP contribution >= 0.6 is 12.6 Å². The van der Waals surface area contributed by atoms with Crippen molar-refractivity contribution in [1.82, 2.24) is 9.80 Å². The molecule has 0 aliphatic carbocycles. The molecule has 2 rings (SSSR count). The van der Waals surface area contributed by atoms with Crippen LogP contribution in [0.2, 0.25) is 0 Å². The summed E-state index contributed by atoms with van der Waals surface area (Å²) < 4.78 is 10.8. The van der Waals surface area contributed by atoms with Crippen molar-refractivity contribution in [2.75, 3.05) is 26.3 Å². The van der Waals surface area contributed by atoms with E-state index in [1.165, 1.54) is 0 Å². The summed E-state index contributed by atoms with van der Waals surface area (Å²) in [6, 6.07) is 0. The third kappa shape index (κ3) is 2.86. The van der Waals surface area contributed by atoms with E-state index in [4.69, 9.17) is 9.47 Å². The Labute approximate surface area is 107 Å². The summed E-state index contributed by atoms with van der Waals surface area (Å²) in [5.74, 6) is 0. The fraction of sp³-hybridized carbons (Fsp3) is 0.909. The minimum absolute atomic E-state index is 0.0268. The van der Waals surface area contributed by atoms with Crippen LogP contribution in [0.4, 0.5) is 4.79 Å². The van der Waals surface area contributed by atoms with Crippen LogP contribution in [0.15, 0.2) is 0 Å². The number of morpholine rings is 1. The lowest BCUT2D eigenvalue weighted by atomic mass is 10.2. The number of nitrogens with zero attached hydrogens (tertiary/aromatic N) is 2. The molecule has 0 aromatic heterocycles. The van der Waals surface area contributed by atoms with E-state index in [0.29, 0.717) is 19.8 Å². The third-order valence-electron chi connectivity index (χ3n) is 2.87. The number of amides is 1. The molecule has 0 aromatic carbocycles. The van der Waals surface area contributed by atoms with E-state index in [1.807, 2.05) is 20.8 Å². The molecular weight excluding hydrogens is 240 g/mol. The summed E-state index contributed by atoms with van der Waals surface area (Å²) in [5.41, 5.74) is -0.466. The number of hydrogen-bond donors (Lipinski definition) is 1. The topological polar surface area (TPSA) is 42.0 Å². The van der Waals surface area contributed by atoms with Crippen LogP contribution in [0.5, 0.6) is 0 Å². The Morgan fingerprint density at radius 1 is 1.47 bits per heavy atom. The molecule has 0 radical (unpaired) electrons. The van der Waals surface area contributed by atoms with Crippen molar-refractivity contribution >= 4 is 18.7 Å². The molecule has 0 spiro atoms. The van der Waals surface area contributed by atoms with Gasteiger partial charge in [-0.1, -0.05) is 0 Å². The van der Waals surface area contributed by atoms with E-state index >= 15 is 0 Å². The molecule has 0 N–H and O–H groups in total. The van der Waals surface area contributed by atoms with E-state index in [-0.39, 0.29) is 17.6 Å². The minimum Gasteiger partial charge on any atom is -0.444 e. The summed E-state index contributed by atoms with van der Waals surface area (Å²) in [6.45, 7) is 8.26. The molecule has 2 fully saturated rings. The van der Waals surface area contributed by atoms with E-state index in [1.54, 1.807) is 4.90 Å². The lowest BCUT2D eigenvalue weighted by Crippen LogP contribution is -2.51. The van der Waals surface area contributed by atoms with Crippen LogP contribution in [-0.2, 0) is 9.47 Å². The lowest BCUT2D eigenvalue weighted by molar-refractivity contribution is -0.0432. The van der Waals surface area contributed by atoms with Crippen molar-refractivity contribution < 1.29 is 14.3 Å². The Morgan fingerprint density at radius 2 is 2.18 bits per heavy atom. The van der Waals surface area contributed by atoms with Crippen LogP contribution in [0.3, 0.4) is 0 Å². The quantitative estimate of drug-likeness (QED) is 0.664. The van der Waals surface area contributed by atoms with Gasteiger partial charge in [0.15, 0.2) is 0 Å². The maximum Gasteiger partial charge on any atom is 0.411 e. The molecule has 2 unspecified atom stereocenters. The average Bonchev–Trinajstić information content (AvgIpc) is 2.55. The number of hydrogen-bond acceptors (Lipinski definition) is 5. The highest BCUT2D eigenvalue weighted by Crippen LogP contribution is 2.27. The van der Waals surface area contributed by atoms with Crippen molar-refractivity contribution in [2.45, 2.75) is 37.9 Å². The fourth-order valence-electron chi connectivity index (χ4n) is 2.14. The Hall–Kier alpha value is -0.460. The van der Waals surface area contributed by atoms with Crippen LogP contribution in [-0.4, -0.2) is 59.3 Å². The van der Waals surface area contributed by atoms with Crippen LogP contribution in [0.25, 0.3) is 0 Å². The van der Waals surface area contributed by atoms with Crippen LogP contribution in [0.1, 0.15) is 20.8 Å². The number of ether oxygens (including phenoxy) is 2. The molecule has 2 aliphatic heterocycles. The molecule has 2 heterocycles. The van der Waals surface area contributed by atoms with E-state index in [9.17, 15) is 4.79 Å². The Bertz CT molecular complexity index is 306. The van der Waals surface area contributed by atoms with Crippen LogP contribution < -0.4 is 0 Å². The second-order valence-electron chi connectivity index (χ2n) is 5.41. The zero-order valence-corrected chi connectivity index (χ0v) is 11.4. The maximum atomic E-state index is 12.0. The average molecular weight is 260 g/mol. The Kier molecular flexibility index (Phi) is 3.56. The second kappa shape index (κ2) is 4.66. The van der Waals surface area contributed by atoms with Gasteiger partial charge in [0.05, 0.1) is 25.1 Å². The monoisotopic (exact) mass is 260 g/mol. The highest BCUT2D eigenvalue weighted by molar-refractivity contribution is 7.80. The summed E-state index contributed by atoms with van der Waals surface area (Å²) >= 11 is 4.50. The molecule has 0 bridgehead atoms. The highest BCUT2D eigenvalue weighted by atomic mass is 32.1. The Balaban J connectivity index is 2.04. The lowest BCUT2D eigenvalue weighted by Gasteiger charge is -2.35. The zero-order chi connectivity index (χ0) is 12.6. The molecule has 1 amide bonds. The maximum absolute atomic E-state index is 12.0. The highest BCUT2D eigenvalue weighted by Gasteiger charge is 2.43. The molecule has 2 atom stereocenters. The predicted octanol–water partition coefficient (Wildman–Crippen LogP) is 1.15. The van der Waals surface area contributed by atoms with Gasteiger partial charge in [0.25, 0.3) is 0 Å². The molecule has 0 saturated carbocycles. The van der Waals surface area contributed by atoms with Gasteiger partial charge in [0.2, 0.25) is 0 Å². The molecular formula is C11H20N2O3S. The molecule has 98 valence electrons. The van der Waals surface area contributed by atoms with Gasteiger partial charge in [0.1, 0.15) is 11.8 Å². The normalized spacial score (nSPS) is 30.2. The van der Waals surface area contributed by atoms with Crippen molar-refractivity contribution in [3.05, 3.63) is 0 Å². The van der Waals surface area contributed by atoms with E-state index < -0.39 is 5.60 Å². The molecule has 2 aliphatic rings. The van der Waals surface area contributed by atoms with Gasteiger partial charge >= 0.3 is 6.09 Å². The molecule has 2 saturated heterocycles. The van der Waals surface area contributed by atoms with Gasteiger partial charge in [-0.3, -0.25) is 9.80 Å². The number of rotatable bonds is 0. The predicted molar refractivity (Wildman–Crippen MR) is 67.0 cm³/mol. The van der Waals surface area contributed by atoms with Crippen molar-refractivity contribution in [3.63, 3.8) is 0 Å². The van der Waals surface area contributed by atoms with Gasteiger partial charge in [-0.2, -0.15) is 12.6 Å². The van der Waals surface area contributed by atoms with E-state index in [0.717, 1.165) is 6.54 Å². The van der Waals surface area contributed by atoms with Gasteiger partial charge < -0.3 is 9.47 Å². The second-order valence-corrected chi connectivity index (χ2v) is 6.00. The standard InChI is InChI=1S/C11H20N2O3S/c1-11(2,3)16-10(14)13-6-9(17)12-4-5-15-7-8(12)13/h8-9,17H,4-7H2,1-3H3. The van der Waals surface area contributed by atoms with E-state index in [2.05, 4.69) is 17.5 Å². The van der Waals surface area contributed by atoms with Crippen molar-refractivity contribution in [3.8, 4) is 0 Å². The largest absolute Gasteiger partial charge is 0.444 e. The molecule has 6 heteroatoms. The van der Waals surface area contributed by atoms with Gasteiger partial charge in [0, 0.05) is 6.54 Å².